The number of anilines is 1. The maximum absolute atomic E-state index is 13.4. The number of carbonyl (C=O) groups is 2. The third-order valence-corrected chi connectivity index (χ3v) is 5.78. The predicted octanol–water partition coefficient (Wildman–Crippen LogP) is 3.08. The average Bonchev–Trinajstić information content (AvgIpc) is 3.29. The van der Waals surface area contributed by atoms with Crippen LogP contribution in [0.5, 0.6) is 0 Å². The molecule has 138 valence electrons. The molecular weight excluding hydrogens is 342 g/mol. The van der Waals surface area contributed by atoms with Crippen molar-refractivity contribution in [3.05, 3.63) is 54.6 Å². The molecule has 0 aliphatic carbocycles. The molecule has 0 unspecified atom stereocenters. The molecular formula is C22H21NO4. The van der Waals surface area contributed by atoms with Gasteiger partial charge in [0.05, 0.1) is 30.4 Å². The maximum Gasteiger partial charge on any atom is 0.313 e. The number of fused-ring (bicyclic) bond motifs is 2. The summed E-state index contributed by atoms with van der Waals surface area (Å²) < 4.78 is 11.6. The first-order chi connectivity index (χ1) is 13.0. The van der Waals surface area contributed by atoms with E-state index < -0.39 is 17.4 Å². The number of rotatable bonds is 3. The molecule has 0 aromatic heterocycles. The van der Waals surface area contributed by atoms with Crippen molar-refractivity contribution in [2.45, 2.75) is 31.7 Å². The second-order valence-corrected chi connectivity index (χ2v) is 7.81. The van der Waals surface area contributed by atoms with Crippen LogP contribution in [0.4, 0.5) is 5.69 Å². The van der Waals surface area contributed by atoms with E-state index >= 15 is 0 Å². The van der Waals surface area contributed by atoms with Crippen LogP contribution < -0.4 is 4.90 Å². The Morgan fingerprint density at radius 1 is 1.22 bits per heavy atom. The van der Waals surface area contributed by atoms with Gasteiger partial charge in [0.2, 0.25) is 5.91 Å². The maximum atomic E-state index is 13.4. The molecule has 0 N–H and O–H groups in total. The lowest BCUT2D eigenvalue weighted by molar-refractivity contribution is -0.156. The highest BCUT2D eigenvalue weighted by atomic mass is 16.6. The molecule has 1 amide bonds. The Morgan fingerprint density at radius 3 is 2.81 bits per heavy atom. The minimum absolute atomic E-state index is 0.0658. The molecule has 2 fully saturated rings. The van der Waals surface area contributed by atoms with Gasteiger partial charge in [0.1, 0.15) is 11.5 Å². The summed E-state index contributed by atoms with van der Waals surface area (Å²) in [6, 6.07) is 13.9. The van der Waals surface area contributed by atoms with Gasteiger partial charge in [0.25, 0.3) is 0 Å². The number of hydrogen-bond donors (Lipinski definition) is 0. The quantitative estimate of drug-likeness (QED) is 0.621. The number of carbonyl (C=O) groups excluding carboxylic acids is 2. The first-order valence-corrected chi connectivity index (χ1v) is 9.37. The van der Waals surface area contributed by atoms with Crippen molar-refractivity contribution < 1.29 is 19.1 Å². The summed E-state index contributed by atoms with van der Waals surface area (Å²) in [5.74, 6) is -1.52. The largest absolute Gasteiger partial charge is 0.463 e. The van der Waals surface area contributed by atoms with Gasteiger partial charge < -0.3 is 14.4 Å². The molecule has 2 bridgehead atoms. The summed E-state index contributed by atoms with van der Waals surface area (Å²) in [6.07, 6.45) is 3.27. The van der Waals surface area contributed by atoms with Gasteiger partial charge in [-0.25, -0.2) is 0 Å². The van der Waals surface area contributed by atoms with Crippen LogP contribution in [0.25, 0.3) is 10.8 Å². The smallest absolute Gasteiger partial charge is 0.313 e. The van der Waals surface area contributed by atoms with Crippen LogP contribution in [0, 0.1) is 11.8 Å². The molecule has 5 heteroatoms. The zero-order valence-corrected chi connectivity index (χ0v) is 15.3. The summed E-state index contributed by atoms with van der Waals surface area (Å²) in [7, 11) is 0. The van der Waals surface area contributed by atoms with Crippen molar-refractivity contribution >= 4 is 28.3 Å². The van der Waals surface area contributed by atoms with Crippen molar-refractivity contribution in [1.82, 2.24) is 0 Å². The van der Waals surface area contributed by atoms with E-state index in [0.717, 1.165) is 16.5 Å². The van der Waals surface area contributed by atoms with Crippen LogP contribution in [0.1, 0.15) is 13.8 Å². The third-order valence-electron chi connectivity index (χ3n) is 5.78. The van der Waals surface area contributed by atoms with Gasteiger partial charge in [-0.3, -0.25) is 9.59 Å². The summed E-state index contributed by atoms with van der Waals surface area (Å²) in [5, 5.41) is 2.10. The Bertz CT molecular complexity index is 976. The number of amides is 1. The second kappa shape index (κ2) is 5.67. The fourth-order valence-electron chi connectivity index (χ4n) is 4.73. The number of hydrogen-bond acceptors (Lipinski definition) is 4. The van der Waals surface area contributed by atoms with Crippen LogP contribution in [-0.4, -0.2) is 36.2 Å². The summed E-state index contributed by atoms with van der Waals surface area (Å²) in [6.45, 7) is 4.05. The first-order valence-electron chi connectivity index (χ1n) is 9.37. The zero-order chi connectivity index (χ0) is 18.8. The predicted molar refractivity (Wildman–Crippen MR) is 101 cm³/mol. The Hall–Kier alpha value is -2.66. The molecule has 5 nitrogen and oxygen atoms in total. The second-order valence-electron chi connectivity index (χ2n) is 7.81. The highest BCUT2D eigenvalue weighted by Gasteiger charge is 2.67. The van der Waals surface area contributed by atoms with Crippen molar-refractivity contribution in [3.63, 3.8) is 0 Å². The van der Waals surface area contributed by atoms with E-state index in [4.69, 9.17) is 9.47 Å². The highest BCUT2D eigenvalue weighted by Crippen LogP contribution is 2.53. The standard InChI is InChI=1S/C22H21NO4/c1-13(2)26-21(25)18-17-10-11-22(27-17)12-23(20(24)19(18)22)16-9-5-7-14-6-3-4-8-15(14)16/h3-11,13,17-19H,12H2,1-2H3/t17-,18-,19+,22+/m1/s1. The first kappa shape index (κ1) is 16.5. The van der Waals surface area contributed by atoms with Crippen molar-refractivity contribution in [3.8, 4) is 0 Å². The van der Waals surface area contributed by atoms with E-state index in [1.165, 1.54) is 0 Å². The Balaban J connectivity index is 1.55. The van der Waals surface area contributed by atoms with E-state index in [2.05, 4.69) is 0 Å². The molecule has 4 atom stereocenters. The fraction of sp³-hybridized carbons (Fsp3) is 0.364. The minimum atomic E-state index is -0.737. The number of esters is 1. The Labute approximate surface area is 157 Å². The topological polar surface area (TPSA) is 55.8 Å². The van der Waals surface area contributed by atoms with E-state index in [9.17, 15) is 9.59 Å². The Kier molecular flexibility index (Phi) is 3.46. The molecule has 3 heterocycles. The lowest BCUT2D eigenvalue weighted by Gasteiger charge is -2.23. The summed E-state index contributed by atoms with van der Waals surface area (Å²) in [5.41, 5.74) is 0.123. The average molecular weight is 363 g/mol. The van der Waals surface area contributed by atoms with Crippen LogP contribution >= 0.6 is 0 Å². The molecule has 1 spiro atoms. The van der Waals surface area contributed by atoms with E-state index in [0.29, 0.717) is 6.54 Å². The van der Waals surface area contributed by atoms with Crippen LogP contribution in [0.2, 0.25) is 0 Å². The zero-order valence-electron chi connectivity index (χ0n) is 15.3. The van der Waals surface area contributed by atoms with Gasteiger partial charge in [-0.2, -0.15) is 0 Å². The fourth-order valence-corrected chi connectivity index (χ4v) is 4.73. The van der Waals surface area contributed by atoms with Crippen LogP contribution in [0.3, 0.4) is 0 Å². The number of ether oxygens (including phenoxy) is 2. The number of benzene rings is 2. The minimum Gasteiger partial charge on any atom is -0.463 e. The number of nitrogens with zero attached hydrogens (tertiary/aromatic N) is 1. The monoisotopic (exact) mass is 363 g/mol. The molecule has 3 aliphatic rings. The van der Waals surface area contributed by atoms with Crippen molar-refractivity contribution in [2.75, 3.05) is 11.4 Å². The SMILES string of the molecule is CC(C)OC(=O)[C@H]1[C@H]2C(=O)N(c3cccc4ccccc34)C[C@@]23C=C[C@H]1O3. The third kappa shape index (κ3) is 2.28. The lowest BCUT2D eigenvalue weighted by atomic mass is 9.77. The molecule has 2 aromatic carbocycles. The molecule has 27 heavy (non-hydrogen) atoms. The van der Waals surface area contributed by atoms with Crippen molar-refractivity contribution in [1.29, 1.82) is 0 Å². The lowest BCUT2D eigenvalue weighted by Crippen LogP contribution is -2.40. The molecule has 3 aliphatic heterocycles. The van der Waals surface area contributed by atoms with Crippen LogP contribution in [-0.2, 0) is 19.1 Å². The summed E-state index contributed by atoms with van der Waals surface area (Å²) in [4.78, 5) is 27.9. The van der Waals surface area contributed by atoms with Gasteiger partial charge in [-0.1, -0.05) is 48.6 Å². The van der Waals surface area contributed by atoms with E-state index in [-0.39, 0.29) is 24.1 Å². The van der Waals surface area contributed by atoms with Gasteiger partial charge >= 0.3 is 5.97 Å². The van der Waals surface area contributed by atoms with Crippen molar-refractivity contribution in [2.24, 2.45) is 11.8 Å². The van der Waals surface area contributed by atoms with E-state index in [1.54, 1.807) is 4.90 Å². The van der Waals surface area contributed by atoms with Gasteiger partial charge in [0, 0.05) is 5.39 Å². The Morgan fingerprint density at radius 2 is 2.00 bits per heavy atom. The molecule has 0 radical (unpaired) electrons. The molecule has 2 aromatic rings. The van der Waals surface area contributed by atoms with E-state index in [1.807, 2.05) is 68.5 Å². The highest BCUT2D eigenvalue weighted by molar-refractivity contribution is 6.08. The molecule has 5 rings (SSSR count). The summed E-state index contributed by atoms with van der Waals surface area (Å²) >= 11 is 0. The normalized spacial score (nSPS) is 31.1. The van der Waals surface area contributed by atoms with Gasteiger partial charge in [0.15, 0.2) is 0 Å². The van der Waals surface area contributed by atoms with Gasteiger partial charge in [-0.05, 0) is 25.3 Å². The molecule has 0 saturated carbocycles. The van der Waals surface area contributed by atoms with Gasteiger partial charge in [-0.15, -0.1) is 0 Å². The molecule has 2 saturated heterocycles. The van der Waals surface area contributed by atoms with Crippen LogP contribution in [0.15, 0.2) is 54.6 Å².